The number of nitrogens with zero attached hydrogens (tertiary/aromatic N) is 3. The SMILES string of the molecule is Cn1c(=O)[nH]c2c3cccc([C@@H]4CCOCC4(C)C)c3nnc21. The van der Waals surface area contributed by atoms with Crippen molar-refractivity contribution in [2.45, 2.75) is 26.2 Å². The van der Waals surface area contributed by atoms with E-state index < -0.39 is 0 Å². The Morgan fingerprint density at radius 2 is 2.17 bits per heavy atom. The lowest BCUT2D eigenvalue weighted by atomic mass is 9.72. The fourth-order valence-corrected chi connectivity index (χ4v) is 3.67. The van der Waals surface area contributed by atoms with Gasteiger partial charge in [-0.3, -0.25) is 4.57 Å². The average Bonchev–Trinajstić information content (AvgIpc) is 2.82. The molecule has 0 saturated carbocycles. The maximum absolute atomic E-state index is 11.9. The lowest BCUT2D eigenvalue weighted by Gasteiger charge is -2.38. The highest BCUT2D eigenvalue weighted by Gasteiger charge is 2.35. The predicted molar refractivity (Wildman–Crippen MR) is 88.6 cm³/mol. The summed E-state index contributed by atoms with van der Waals surface area (Å²) >= 11 is 0. The average molecular weight is 312 g/mol. The molecule has 0 radical (unpaired) electrons. The minimum absolute atomic E-state index is 0.0489. The summed E-state index contributed by atoms with van der Waals surface area (Å²) < 4.78 is 7.14. The van der Waals surface area contributed by atoms with Crippen LogP contribution in [0.15, 0.2) is 23.0 Å². The second kappa shape index (κ2) is 4.89. The lowest BCUT2D eigenvalue weighted by molar-refractivity contribution is -0.00421. The first-order valence-corrected chi connectivity index (χ1v) is 7.91. The molecule has 1 N–H and O–H groups in total. The van der Waals surface area contributed by atoms with Crippen LogP contribution in [0.25, 0.3) is 22.1 Å². The van der Waals surface area contributed by atoms with Crippen molar-refractivity contribution in [3.63, 3.8) is 0 Å². The smallest absolute Gasteiger partial charge is 0.327 e. The first-order chi connectivity index (χ1) is 11.0. The fourth-order valence-electron chi connectivity index (χ4n) is 3.67. The summed E-state index contributed by atoms with van der Waals surface area (Å²) in [6.07, 6.45) is 0.969. The maximum Gasteiger partial charge on any atom is 0.327 e. The monoisotopic (exact) mass is 312 g/mol. The van der Waals surface area contributed by atoms with Crippen LogP contribution in [0.3, 0.4) is 0 Å². The van der Waals surface area contributed by atoms with Gasteiger partial charge in [0.15, 0.2) is 5.65 Å². The van der Waals surface area contributed by atoms with Crippen molar-refractivity contribution >= 4 is 22.1 Å². The van der Waals surface area contributed by atoms with E-state index in [0.717, 1.165) is 36.1 Å². The Morgan fingerprint density at radius 1 is 1.35 bits per heavy atom. The molecule has 3 aromatic rings. The molecule has 6 heteroatoms. The van der Waals surface area contributed by atoms with Crippen molar-refractivity contribution < 1.29 is 4.74 Å². The van der Waals surface area contributed by atoms with Gasteiger partial charge in [0.25, 0.3) is 0 Å². The maximum atomic E-state index is 11.9. The van der Waals surface area contributed by atoms with Gasteiger partial charge in [-0.15, -0.1) is 10.2 Å². The third-order valence-corrected chi connectivity index (χ3v) is 5.00. The van der Waals surface area contributed by atoms with Crippen LogP contribution >= 0.6 is 0 Å². The Labute approximate surface area is 133 Å². The summed E-state index contributed by atoms with van der Waals surface area (Å²) in [6.45, 7) is 5.96. The number of nitrogens with one attached hydrogen (secondary N) is 1. The first kappa shape index (κ1) is 14.4. The van der Waals surface area contributed by atoms with Gasteiger partial charge in [0.1, 0.15) is 0 Å². The van der Waals surface area contributed by atoms with Crippen molar-refractivity contribution in [1.29, 1.82) is 0 Å². The van der Waals surface area contributed by atoms with E-state index in [-0.39, 0.29) is 11.1 Å². The van der Waals surface area contributed by atoms with E-state index in [1.165, 1.54) is 10.1 Å². The van der Waals surface area contributed by atoms with Crippen LogP contribution in [0.2, 0.25) is 0 Å². The van der Waals surface area contributed by atoms with Crippen LogP contribution in [0, 0.1) is 5.41 Å². The molecule has 0 bridgehead atoms. The van der Waals surface area contributed by atoms with Crippen molar-refractivity contribution in [3.8, 4) is 0 Å². The number of hydrogen-bond donors (Lipinski definition) is 1. The third kappa shape index (κ3) is 2.09. The van der Waals surface area contributed by atoms with Crippen LogP contribution < -0.4 is 5.69 Å². The molecule has 1 atom stereocenters. The highest BCUT2D eigenvalue weighted by Crippen LogP contribution is 2.43. The molecule has 1 aliphatic rings. The second-order valence-electron chi connectivity index (χ2n) is 7.01. The van der Waals surface area contributed by atoms with E-state index in [4.69, 9.17) is 4.74 Å². The predicted octanol–water partition coefficient (Wildman–Crippen LogP) is 2.34. The molecule has 0 amide bonds. The number of rotatable bonds is 1. The van der Waals surface area contributed by atoms with Crippen LogP contribution in [0.5, 0.6) is 0 Å². The Morgan fingerprint density at radius 3 is 2.96 bits per heavy atom. The van der Waals surface area contributed by atoms with E-state index >= 15 is 0 Å². The van der Waals surface area contributed by atoms with Gasteiger partial charge < -0.3 is 9.72 Å². The zero-order valence-electron chi connectivity index (χ0n) is 13.6. The van der Waals surface area contributed by atoms with Crippen molar-refractivity contribution in [3.05, 3.63) is 34.2 Å². The molecule has 1 saturated heterocycles. The molecule has 4 rings (SSSR count). The largest absolute Gasteiger partial charge is 0.381 e. The molecule has 6 nitrogen and oxygen atoms in total. The van der Waals surface area contributed by atoms with Gasteiger partial charge in [-0.25, -0.2) is 4.79 Å². The van der Waals surface area contributed by atoms with Crippen molar-refractivity contribution in [2.75, 3.05) is 13.2 Å². The zero-order chi connectivity index (χ0) is 16.2. The van der Waals surface area contributed by atoms with Gasteiger partial charge in [-0.2, -0.15) is 0 Å². The van der Waals surface area contributed by atoms with Crippen LogP contribution in [-0.2, 0) is 11.8 Å². The molecule has 1 aliphatic heterocycles. The van der Waals surface area contributed by atoms with E-state index in [9.17, 15) is 4.79 Å². The molecule has 1 aromatic carbocycles. The molecule has 0 spiro atoms. The zero-order valence-corrected chi connectivity index (χ0v) is 13.6. The first-order valence-electron chi connectivity index (χ1n) is 7.91. The second-order valence-corrected chi connectivity index (χ2v) is 7.01. The molecule has 120 valence electrons. The number of ether oxygens (including phenoxy) is 1. The van der Waals surface area contributed by atoms with Gasteiger partial charge in [0, 0.05) is 19.0 Å². The molecular weight excluding hydrogens is 292 g/mol. The van der Waals surface area contributed by atoms with Crippen molar-refractivity contribution in [2.24, 2.45) is 12.5 Å². The summed E-state index contributed by atoms with van der Waals surface area (Å²) in [7, 11) is 1.70. The molecule has 0 aliphatic carbocycles. The number of H-pyrrole nitrogens is 1. The number of benzene rings is 1. The number of aryl methyl sites for hydroxylation is 1. The highest BCUT2D eigenvalue weighted by molar-refractivity contribution is 6.01. The molecule has 0 unspecified atom stereocenters. The normalized spacial score (nSPS) is 21.1. The van der Waals surface area contributed by atoms with Crippen LogP contribution in [-0.4, -0.2) is 33.0 Å². The Hall–Kier alpha value is -2.21. The Bertz CT molecular complexity index is 954. The lowest BCUT2D eigenvalue weighted by Crippen LogP contribution is -2.33. The minimum atomic E-state index is -0.168. The van der Waals surface area contributed by atoms with E-state index in [2.05, 4.69) is 35.1 Å². The van der Waals surface area contributed by atoms with E-state index in [1.54, 1.807) is 7.05 Å². The van der Waals surface area contributed by atoms with E-state index in [1.807, 2.05) is 12.1 Å². The van der Waals surface area contributed by atoms with Crippen LogP contribution in [0.1, 0.15) is 31.7 Å². The van der Waals surface area contributed by atoms with Gasteiger partial charge in [-0.1, -0.05) is 32.0 Å². The summed E-state index contributed by atoms with van der Waals surface area (Å²) in [5.41, 5.74) is 3.29. The topological polar surface area (TPSA) is 72.8 Å². The van der Waals surface area contributed by atoms with Crippen molar-refractivity contribution in [1.82, 2.24) is 19.7 Å². The van der Waals surface area contributed by atoms with Gasteiger partial charge in [0.2, 0.25) is 0 Å². The summed E-state index contributed by atoms with van der Waals surface area (Å²) in [4.78, 5) is 14.8. The van der Waals surface area contributed by atoms with Crippen LogP contribution in [0.4, 0.5) is 0 Å². The number of imidazole rings is 1. The highest BCUT2D eigenvalue weighted by atomic mass is 16.5. The Kier molecular flexibility index (Phi) is 3.06. The summed E-state index contributed by atoms with van der Waals surface area (Å²) in [5, 5.41) is 9.69. The molecule has 1 fully saturated rings. The molecule has 2 aromatic heterocycles. The molecular formula is C17H20N4O2. The number of hydrogen-bond acceptors (Lipinski definition) is 4. The number of fused-ring (bicyclic) bond motifs is 3. The standard InChI is InChI=1S/C17H20N4O2/c1-17(2)9-23-8-7-12(17)10-5-4-6-11-13(10)19-20-15-14(11)18-16(22)21(15)3/h4-6,12H,7-9H2,1-3H3,(H,18,22)/t12-/m0/s1. The summed E-state index contributed by atoms with van der Waals surface area (Å²) in [6, 6.07) is 6.16. The van der Waals surface area contributed by atoms with Gasteiger partial charge in [-0.05, 0) is 23.3 Å². The number of aromatic amines is 1. The number of aromatic nitrogens is 4. The quantitative estimate of drug-likeness (QED) is 0.748. The summed E-state index contributed by atoms with van der Waals surface area (Å²) in [5.74, 6) is 0.363. The molecule has 3 heterocycles. The Balaban J connectivity index is 2.00. The third-order valence-electron chi connectivity index (χ3n) is 5.00. The van der Waals surface area contributed by atoms with Gasteiger partial charge in [0.05, 0.1) is 17.6 Å². The minimum Gasteiger partial charge on any atom is -0.381 e. The van der Waals surface area contributed by atoms with E-state index in [0.29, 0.717) is 11.6 Å². The fraction of sp³-hybridized carbons (Fsp3) is 0.471. The van der Waals surface area contributed by atoms with Gasteiger partial charge >= 0.3 is 5.69 Å². The molecule has 23 heavy (non-hydrogen) atoms.